The van der Waals surface area contributed by atoms with Gasteiger partial charge in [-0.2, -0.15) is 4.98 Å². The molecule has 3 aromatic rings. The van der Waals surface area contributed by atoms with Gasteiger partial charge >= 0.3 is 6.01 Å². The fourth-order valence-corrected chi connectivity index (χ4v) is 2.64. The molecule has 0 fully saturated rings. The number of hydrogen-bond donors (Lipinski definition) is 1. The fraction of sp³-hybridized carbons (Fsp3) is 0.214. The smallest absolute Gasteiger partial charge is 0.315 e. The van der Waals surface area contributed by atoms with E-state index in [1.165, 1.54) is 23.9 Å². The number of nitrogens with zero attached hydrogens (tertiary/aromatic N) is 5. The molecule has 0 atom stereocenters. The first kappa shape index (κ1) is 16.1. The first-order valence-corrected chi connectivity index (χ1v) is 7.90. The van der Waals surface area contributed by atoms with E-state index in [9.17, 15) is 9.18 Å². The third-order valence-electron chi connectivity index (χ3n) is 3.04. The van der Waals surface area contributed by atoms with Crippen LogP contribution in [0.3, 0.4) is 0 Å². The molecule has 2 aromatic heterocycles. The van der Waals surface area contributed by atoms with Gasteiger partial charge in [0.1, 0.15) is 5.82 Å². The lowest BCUT2D eigenvalue weighted by Gasteiger charge is -2.03. The second-order valence-corrected chi connectivity index (χ2v) is 5.80. The van der Waals surface area contributed by atoms with E-state index in [-0.39, 0.29) is 23.5 Å². The van der Waals surface area contributed by atoms with Crippen molar-refractivity contribution < 1.29 is 13.7 Å². The molecule has 0 aliphatic rings. The van der Waals surface area contributed by atoms with Crippen molar-refractivity contribution in [3.63, 3.8) is 0 Å². The van der Waals surface area contributed by atoms with Gasteiger partial charge < -0.3 is 9.09 Å². The van der Waals surface area contributed by atoms with E-state index in [4.69, 9.17) is 4.52 Å². The van der Waals surface area contributed by atoms with Crippen molar-refractivity contribution in [3.8, 4) is 11.4 Å². The van der Waals surface area contributed by atoms with Gasteiger partial charge in [-0.05, 0) is 31.2 Å². The van der Waals surface area contributed by atoms with E-state index in [0.29, 0.717) is 16.8 Å². The Morgan fingerprint density at radius 3 is 2.75 bits per heavy atom. The zero-order valence-corrected chi connectivity index (χ0v) is 13.7. The van der Waals surface area contributed by atoms with E-state index < -0.39 is 0 Å². The van der Waals surface area contributed by atoms with Crippen LogP contribution in [0.15, 0.2) is 33.9 Å². The van der Waals surface area contributed by atoms with Crippen LogP contribution in [-0.2, 0) is 11.8 Å². The minimum Gasteiger partial charge on any atom is -0.315 e. The highest BCUT2D eigenvalue weighted by molar-refractivity contribution is 7.99. The summed E-state index contributed by atoms with van der Waals surface area (Å²) < 4.78 is 19.5. The van der Waals surface area contributed by atoms with Crippen LogP contribution in [-0.4, -0.2) is 36.6 Å². The number of nitrogens with one attached hydrogen (secondary N) is 1. The fourth-order valence-electron chi connectivity index (χ4n) is 1.92. The highest BCUT2D eigenvalue weighted by Crippen LogP contribution is 2.22. The Bertz CT molecular complexity index is 861. The monoisotopic (exact) mass is 348 g/mol. The minimum atomic E-state index is -0.316. The number of aromatic nitrogens is 5. The number of amides is 1. The topological polar surface area (TPSA) is 98.7 Å². The molecule has 0 bridgehead atoms. The van der Waals surface area contributed by atoms with Gasteiger partial charge in [0.25, 0.3) is 0 Å². The second-order valence-electron chi connectivity index (χ2n) is 4.86. The van der Waals surface area contributed by atoms with Crippen molar-refractivity contribution in [3.05, 3.63) is 35.9 Å². The summed E-state index contributed by atoms with van der Waals surface area (Å²) in [4.78, 5) is 15.8. The molecule has 0 spiro atoms. The third kappa shape index (κ3) is 3.59. The minimum absolute atomic E-state index is 0.0584. The molecule has 0 radical (unpaired) electrons. The number of carbonyl (C=O) groups is 1. The lowest BCUT2D eigenvalue weighted by Crippen LogP contribution is -2.14. The van der Waals surface area contributed by atoms with Gasteiger partial charge in [-0.3, -0.25) is 10.1 Å². The van der Waals surface area contributed by atoms with Crippen LogP contribution >= 0.6 is 11.8 Å². The lowest BCUT2D eigenvalue weighted by molar-refractivity contribution is -0.114. The quantitative estimate of drug-likeness (QED) is 0.704. The van der Waals surface area contributed by atoms with E-state index in [1.807, 2.05) is 0 Å². The maximum Gasteiger partial charge on any atom is 0.328 e. The van der Waals surface area contributed by atoms with Crippen molar-refractivity contribution in [2.75, 3.05) is 11.1 Å². The number of rotatable bonds is 5. The Balaban J connectivity index is 1.63. The molecule has 124 valence electrons. The van der Waals surface area contributed by atoms with E-state index in [0.717, 1.165) is 5.56 Å². The zero-order chi connectivity index (χ0) is 17.1. The van der Waals surface area contributed by atoms with Crippen LogP contribution in [0.4, 0.5) is 10.4 Å². The van der Waals surface area contributed by atoms with Gasteiger partial charge in [-0.1, -0.05) is 16.9 Å². The number of halogens is 1. The SMILES string of the molecule is Cc1noc(NC(=O)CSc2nnc(-c3ccc(F)cc3)n2C)n1. The average molecular weight is 348 g/mol. The summed E-state index contributed by atoms with van der Waals surface area (Å²) in [5.41, 5.74) is 0.740. The normalized spacial score (nSPS) is 10.8. The van der Waals surface area contributed by atoms with Gasteiger partial charge in [0.2, 0.25) is 5.91 Å². The third-order valence-corrected chi connectivity index (χ3v) is 4.06. The van der Waals surface area contributed by atoms with Gasteiger partial charge in [-0.25, -0.2) is 4.39 Å². The Labute approximate surface area is 140 Å². The molecular weight excluding hydrogens is 335 g/mol. The van der Waals surface area contributed by atoms with Crippen molar-refractivity contribution in [2.45, 2.75) is 12.1 Å². The summed E-state index contributed by atoms with van der Waals surface area (Å²) in [6, 6.07) is 6.02. The maximum absolute atomic E-state index is 13.0. The van der Waals surface area contributed by atoms with Crippen molar-refractivity contribution in [2.24, 2.45) is 7.05 Å². The predicted molar refractivity (Wildman–Crippen MR) is 84.8 cm³/mol. The molecule has 0 saturated heterocycles. The highest BCUT2D eigenvalue weighted by Gasteiger charge is 2.14. The highest BCUT2D eigenvalue weighted by atomic mass is 32.2. The van der Waals surface area contributed by atoms with Gasteiger partial charge in [0.05, 0.1) is 5.75 Å². The van der Waals surface area contributed by atoms with Crippen LogP contribution in [0.1, 0.15) is 5.82 Å². The molecule has 10 heteroatoms. The first-order chi connectivity index (χ1) is 11.5. The van der Waals surface area contributed by atoms with Crippen LogP contribution in [0.5, 0.6) is 0 Å². The molecule has 3 rings (SSSR count). The number of aryl methyl sites for hydroxylation is 1. The number of hydrogen-bond acceptors (Lipinski definition) is 7. The molecule has 0 aliphatic heterocycles. The van der Waals surface area contributed by atoms with Crippen LogP contribution in [0.25, 0.3) is 11.4 Å². The molecule has 24 heavy (non-hydrogen) atoms. The van der Waals surface area contributed by atoms with Crippen molar-refractivity contribution in [1.29, 1.82) is 0 Å². The summed E-state index contributed by atoms with van der Waals surface area (Å²) in [7, 11) is 1.78. The molecule has 2 heterocycles. The molecule has 1 N–H and O–H groups in total. The lowest BCUT2D eigenvalue weighted by atomic mass is 10.2. The van der Waals surface area contributed by atoms with E-state index >= 15 is 0 Å². The Morgan fingerprint density at radius 1 is 1.33 bits per heavy atom. The summed E-state index contributed by atoms with van der Waals surface area (Å²) in [5, 5.41) is 14.8. The standard InChI is InChI=1S/C14H13FN6O2S/c1-8-16-13(23-20-8)17-11(22)7-24-14-19-18-12(21(14)2)9-3-5-10(15)6-4-9/h3-6H,7H2,1-2H3,(H,16,17,20,22). The Hall–Kier alpha value is -2.75. The van der Waals surface area contributed by atoms with E-state index in [2.05, 4.69) is 25.7 Å². The molecule has 1 aromatic carbocycles. The first-order valence-electron chi connectivity index (χ1n) is 6.91. The molecule has 0 aliphatic carbocycles. The molecule has 0 unspecified atom stereocenters. The average Bonchev–Trinajstić information content (AvgIpc) is 3.12. The molecular formula is C14H13FN6O2S. The summed E-state index contributed by atoms with van der Waals surface area (Å²) in [5.74, 6) is 0.524. The van der Waals surface area contributed by atoms with Crippen molar-refractivity contribution >= 4 is 23.7 Å². The van der Waals surface area contributed by atoms with Gasteiger partial charge in [0.15, 0.2) is 16.8 Å². The number of thioether (sulfide) groups is 1. The maximum atomic E-state index is 13.0. The van der Waals surface area contributed by atoms with Crippen LogP contribution in [0.2, 0.25) is 0 Å². The summed E-state index contributed by atoms with van der Waals surface area (Å²) in [6.07, 6.45) is 0. The summed E-state index contributed by atoms with van der Waals surface area (Å²) >= 11 is 1.21. The van der Waals surface area contributed by atoms with Crippen LogP contribution < -0.4 is 5.32 Å². The van der Waals surface area contributed by atoms with Crippen molar-refractivity contribution in [1.82, 2.24) is 24.9 Å². The largest absolute Gasteiger partial charge is 0.328 e. The number of benzene rings is 1. The predicted octanol–water partition coefficient (Wildman–Crippen LogP) is 2.04. The van der Waals surface area contributed by atoms with Gasteiger partial charge in [-0.15, -0.1) is 10.2 Å². The molecule has 1 amide bonds. The van der Waals surface area contributed by atoms with E-state index in [1.54, 1.807) is 30.7 Å². The Kier molecular flexibility index (Phi) is 4.56. The van der Waals surface area contributed by atoms with Crippen LogP contribution in [0, 0.1) is 12.7 Å². The van der Waals surface area contributed by atoms with Gasteiger partial charge in [0, 0.05) is 12.6 Å². The zero-order valence-electron chi connectivity index (χ0n) is 12.9. The number of carbonyl (C=O) groups excluding carboxylic acids is 1. The molecule has 8 nitrogen and oxygen atoms in total. The number of anilines is 1. The molecule has 0 saturated carbocycles. The summed E-state index contributed by atoms with van der Waals surface area (Å²) in [6.45, 7) is 1.66. The Morgan fingerprint density at radius 2 is 2.08 bits per heavy atom. The second kappa shape index (κ2) is 6.79.